The molecule has 0 bridgehead atoms. The van der Waals surface area contributed by atoms with E-state index in [1.165, 1.54) is 0 Å². The van der Waals surface area contributed by atoms with Crippen molar-refractivity contribution in [3.63, 3.8) is 0 Å². The Labute approximate surface area is 179 Å². The maximum absolute atomic E-state index is 10.6. The third-order valence-electron chi connectivity index (χ3n) is 4.82. The standard InChI is InChI=1S/C23H33N5O2/c1-6-19(15(3)22(24)28-26-7-2)17-10-13-20(21(14-17)30-5)27-23(29)16-8-11-18(25-4)12-9-16/h6,8-14,23,25-29H,7,24H2,1-5H3/b19-6+,22-15+. The first-order valence-corrected chi connectivity index (χ1v) is 9.97. The molecule has 2 aromatic carbocycles. The molecule has 7 N–H and O–H groups in total. The molecule has 1 atom stereocenters. The summed E-state index contributed by atoms with van der Waals surface area (Å²) in [5.74, 6) is 1.19. The van der Waals surface area contributed by atoms with Gasteiger partial charge in [0, 0.05) is 24.8 Å². The van der Waals surface area contributed by atoms with Crippen LogP contribution < -0.4 is 32.0 Å². The highest BCUT2D eigenvalue weighted by molar-refractivity contribution is 5.81. The van der Waals surface area contributed by atoms with Crippen LogP contribution in [0, 0.1) is 0 Å². The zero-order chi connectivity index (χ0) is 22.1. The molecule has 0 fully saturated rings. The van der Waals surface area contributed by atoms with Gasteiger partial charge in [0.1, 0.15) is 11.6 Å². The number of nitrogens with one attached hydrogen (secondary N) is 4. The van der Waals surface area contributed by atoms with Crippen LogP contribution in [0.4, 0.5) is 11.4 Å². The van der Waals surface area contributed by atoms with Crippen molar-refractivity contribution in [1.82, 2.24) is 10.9 Å². The molecule has 0 aromatic heterocycles. The van der Waals surface area contributed by atoms with Crippen LogP contribution >= 0.6 is 0 Å². The Kier molecular flexibility index (Phi) is 8.58. The van der Waals surface area contributed by atoms with E-state index in [4.69, 9.17) is 10.5 Å². The van der Waals surface area contributed by atoms with E-state index in [2.05, 4.69) is 21.5 Å². The lowest BCUT2D eigenvalue weighted by atomic mass is 9.98. The first kappa shape index (κ1) is 23.1. The lowest BCUT2D eigenvalue weighted by Gasteiger charge is -2.19. The second-order valence-corrected chi connectivity index (χ2v) is 6.73. The number of ether oxygens (including phenoxy) is 1. The van der Waals surface area contributed by atoms with Crippen molar-refractivity contribution in [3.05, 3.63) is 71.1 Å². The Morgan fingerprint density at radius 3 is 2.47 bits per heavy atom. The van der Waals surface area contributed by atoms with Crippen LogP contribution in [0.25, 0.3) is 5.57 Å². The second-order valence-electron chi connectivity index (χ2n) is 6.73. The predicted molar refractivity (Wildman–Crippen MR) is 125 cm³/mol. The van der Waals surface area contributed by atoms with E-state index in [1.54, 1.807) is 7.11 Å². The molecule has 0 radical (unpaired) electrons. The number of aliphatic hydroxyl groups is 1. The molecule has 0 aliphatic rings. The van der Waals surface area contributed by atoms with Gasteiger partial charge in [-0.2, -0.15) is 0 Å². The number of hydrogen-bond donors (Lipinski definition) is 6. The molecule has 0 heterocycles. The van der Waals surface area contributed by atoms with Gasteiger partial charge >= 0.3 is 0 Å². The van der Waals surface area contributed by atoms with Crippen LogP contribution in [-0.4, -0.2) is 25.8 Å². The Hall–Kier alpha value is -3.16. The Balaban J connectivity index is 2.26. The number of methoxy groups -OCH3 is 1. The van der Waals surface area contributed by atoms with E-state index >= 15 is 0 Å². The van der Waals surface area contributed by atoms with Gasteiger partial charge in [0.2, 0.25) is 0 Å². The van der Waals surface area contributed by atoms with E-state index in [9.17, 15) is 5.11 Å². The molecule has 0 spiro atoms. The summed E-state index contributed by atoms with van der Waals surface area (Å²) in [6.07, 6.45) is 1.15. The SMILES string of the molecule is C/C=C(\C(C)=C(/N)NNCC)c1ccc(NC(O)c2ccc(NC)cc2)c(OC)c1. The van der Waals surface area contributed by atoms with Crippen molar-refractivity contribution < 1.29 is 9.84 Å². The molecule has 0 saturated heterocycles. The summed E-state index contributed by atoms with van der Waals surface area (Å²) in [5.41, 5.74) is 17.5. The van der Waals surface area contributed by atoms with Gasteiger partial charge in [-0.1, -0.05) is 31.2 Å². The fourth-order valence-corrected chi connectivity index (χ4v) is 3.06. The fourth-order valence-electron chi connectivity index (χ4n) is 3.06. The molecular weight excluding hydrogens is 378 g/mol. The summed E-state index contributed by atoms with van der Waals surface area (Å²) in [6.45, 7) is 6.68. The monoisotopic (exact) mass is 411 g/mol. The van der Waals surface area contributed by atoms with E-state index in [1.807, 2.05) is 76.4 Å². The largest absolute Gasteiger partial charge is 0.495 e. The Morgan fingerprint density at radius 2 is 1.90 bits per heavy atom. The Morgan fingerprint density at radius 1 is 1.20 bits per heavy atom. The van der Waals surface area contributed by atoms with Gasteiger partial charge in [-0.05, 0) is 54.8 Å². The normalized spacial score (nSPS) is 13.3. The third kappa shape index (κ3) is 5.68. The highest BCUT2D eigenvalue weighted by Gasteiger charge is 2.14. The van der Waals surface area contributed by atoms with E-state index in [-0.39, 0.29) is 0 Å². The molecule has 0 saturated carbocycles. The summed E-state index contributed by atoms with van der Waals surface area (Å²) >= 11 is 0. The van der Waals surface area contributed by atoms with E-state index in [0.717, 1.165) is 34.5 Å². The minimum atomic E-state index is -0.863. The zero-order valence-corrected chi connectivity index (χ0v) is 18.3. The third-order valence-corrected chi connectivity index (χ3v) is 4.82. The minimum Gasteiger partial charge on any atom is -0.495 e. The molecule has 162 valence electrons. The summed E-state index contributed by atoms with van der Waals surface area (Å²) in [4.78, 5) is 0. The maximum atomic E-state index is 10.6. The average Bonchev–Trinajstić information content (AvgIpc) is 2.78. The van der Waals surface area contributed by atoms with Crippen LogP contribution in [0.15, 0.2) is 59.9 Å². The van der Waals surface area contributed by atoms with Crippen molar-refractivity contribution in [3.8, 4) is 5.75 Å². The number of aliphatic hydroxyl groups excluding tert-OH is 1. The van der Waals surface area contributed by atoms with Crippen LogP contribution in [0.1, 0.15) is 38.1 Å². The van der Waals surface area contributed by atoms with Crippen molar-refractivity contribution in [1.29, 1.82) is 0 Å². The molecule has 7 heteroatoms. The highest BCUT2D eigenvalue weighted by atomic mass is 16.5. The molecule has 30 heavy (non-hydrogen) atoms. The van der Waals surface area contributed by atoms with Gasteiger partial charge in [0.25, 0.3) is 0 Å². The van der Waals surface area contributed by atoms with Crippen molar-refractivity contribution in [2.45, 2.75) is 27.0 Å². The second kappa shape index (κ2) is 11.1. The van der Waals surface area contributed by atoms with Crippen LogP contribution in [0.5, 0.6) is 5.75 Å². The smallest absolute Gasteiger partial charge is 0.150 e. The average molecular weight is 412 g/mol. The minimum absolute atomic E-state index is 0.562. The predicted octanol–water partition coefficient (Wildman–Crippen LogP) is 3.55. The number of rotatable bonds is 10. The summed E-state index contributed by atoms with van der Waals surface area (Å²) in [5, 5.41) is 16.8. The van der Waals surface area contributed by atoms with Crippen LogP contribution in [0.2, 0.25) is 0 Å². The number of nitrogens with two attached hydrogens (primary N) is 1. The molecule has 2 rings (SSSR count). The van der Waals surface area contributed by atoms with E-state index in [0.29, 0.717) is 17.3 Å². The summed E-state index contributed by atoms with van der Waals surface area (Å²) in [7, 11) is 3.47. The number of allylic oxidation sites excluding steroid dienone is 3. The quantitative estimate of drug-likeness (QED) is 0.202. The molecule has 0 aliphatic carbocycles. The maximum Gasteiger partial charge on any atom is 0.150 e. The van der Waals surface area contributed by atoms with Gasteiger partial charge in [0.15, 0.2) is 6.23 Å². The number of hydrogen-bond acceptors (Lipinski definition) is 7. The lowest BCUT2D eigenvalue weighted by Crippen LogP contribution is -2.35. The number of hydrazine groups is 1. The van der Waals surface area contributed by atoms with Gasteiger partial charge in [-0.15, -0.1) is 0 Å². The topological polar surface area (TPSA) is 104 Å². The molecule has 0 aliphatic heterocycles. The fraction of sp³-hybridized carbons (Fsp3) is 0.304. The zero-order valence-electron chi connectivity index (χ0n) is 18.3. The molecule has 7 nitrogen and oxygen atoms in total. The molecule has 1 unspecified atom stereocenters. The lowest BCUT2D eigenvalue weighted by molar-refractivity contribution is 0.207. The van der Waals surface area contributed by atoms with Gasteiger partial charge in [-0.3, -0.25) is 0 Å². The van der Waals surface area contributed by atoms with Gasteiger partial charge in [-0.25, -0.2) is 5.43 Å². The number of anilines is 2. The highest BCUT2D eigenvalue weighted by Crippen LogP contribution is 2.33. The first-order valence-electron chi connectivity index (χ1n) is 9.97. The van der Waals surface area contributed by atoms with Crippen molar-refractivity contribution in [2.75, 3.05) is 31.3 Å². The summed E-state index contributed by atoms with van der Waals surface area (Å²) < 4.78 is 5.57. The molecular formula is C23H33N5O2. The van der Waals surface area contributed by atoms with Gasteiger partial charge in [0.05, 0.1) is 12.8 Å². The molecule has 0 amide bonds. The number of benzene rings is 2. The van der Waals surface area contributed by atoms with Crippen LogP contribution in [-0.2, 0) is 0 Å². The van der Waals surface area contributed by atoms with Gasteiger partial charge < -0.3 is 31.6 Å². The van der Waals surface area contributed by atoms with Crippen LogP contribution in [0.3, 0.4) is 0 Å². The first-order chi connectivity index (χ1) is 14.4. The molecule has 2 aromatic rings. The Bertz CT molecular complexity index is 891. The summed E-state index contributed by atoms with van der Waals surface area (Å²) in [6, 6.07) is 13.4. The van der Waals surface area contributed by atoms with E-state index < -0.39 is 6.23 Å². The van der Waals surface area contributed by atoms with Crippen molar-refractivity contribution in [2.24, 2.45) is 5.73 Å². The van der Waals surface area contributed by atoms with Crippen molar-refractivity contribution >= 4 is 16.9 Å².